The van der Waals surface area contributed by atoms with Crippen molar-refractivity contribution < 1.29 is 14.3 Å². The van der Waals surface area contributed by atoms with Crippen molar-refractivity contribution in [3.05, 3.63) is 29.3 Å². The number of hydrogen-bond donors (Lipinski definition) is 1. The van der Waals surface area contributed by atoms with Crippen LogP contribution in [0.1, 0.15) is 57.1 Å². The average Bonchev–Trinajstić information content (AvgIpc) is 2.60. The summed E-state index contributed by atoms with van der Waals surface area (Å²) in [5.74, 6) is -0.505. The first-order chi connectivity index (χ1) is 11.2. The van der Waals surface area contributed by atoms with Gasteiger partial charge in [-0.15, -0.1) is 0 Å². The zero-order chi connectivity index (χ0) is 16.7. The number of ether oxygens (including phenoxy) is 1. The van der Waals surface area contributed by atoms with Crippen LogP contribution >= 0.6 is 0 Å². The monoisotopic (exact) mass is 317 g/mol. The molecule has 1 aromatic rings. The van der Waals surface area contributed by atoms with Gasteiger partial charge in [0.05, 0.1) is 5.92 Å². The van der Waals surface area contributed by atoms with Gasteiger partial charge in [-0.3, -0.25) is 9.59 Å². The van der Waals surface area contributed by atoms with Gasteiger partial charge in [0.15, 0.2) is 6.61 Å². The third kappa shape index (κ3) is 4.81. The summed E-state index contributed by atoms with van der Waals surface area (Å²) in [6.45, 7) is 3.93. The molecule has 0 spiro atoms. The second-order valence-electron chi connectivity index (χ2n) is 6.15. The lowest BCUT2D eigenvalue weighted by atomic mass is 9.89. The average molecular weight is 317 g/mol. The predicted octanol–water partition coefficient (Wildman–Crippen LogP) is 3.87. The third-order valence-corrected chi connectivity index (χ3v) is 4.55. The molecule has 1 aliphatic rings. The molecular weight excluding hydrogens is 290 g/mol. The van der Waals surface area contributed by atoms with Crippen molar-refractivity contribution >= 4 is 17.6 Å². The van der Waals surface area contributed by atoms with Gasteiger partial charge in [-0.25, -0.2) is 0 Å². The van der Waals surface area contributed by atoms with Crippen LogP contribution < -0.4 is 5.32 Å². The highest BCUT2D eigenvalue weighted by Crippen LogP contribution is 2.25. The van der Waals surface area contributed by atoms with Gasteiger partial charge in [-0.1, -0.05) is 51.3 Å². The molecule has 0 radical (unpaired) electrons. The van der Waals surface area contributed by atoms with Crippen molar-refractivity contribution in [1.29, 1.82) is 0 Å². The van der Waals surface area contributed by atoms with E-state index in [2.05, 4.69) is 19.2 Å². The molecule has 1 saturated carbocycles. The molecule has 0 saturated heterocycles. The maximum absolute atomic E-state index is 12.1. The van der Waals surface area contributed by atoms with E-state index in [1.807, 2.05) is 18.2 Å². The van der Waals surface area contributed by atoms with Crippen molar-refractivity contribution in [3.63, 3.8) is 0 Å². The summed E-state index contributed by atoms with van der Waals surface area (Å²) in [5.41, 5.74) is 3.09. The number of nitrogens with one attached hydrogen (secondary N) is 1. The van der Waals surface area contributed by atoms with Gasteiger partial charge in [0.1, 0.15) is 0 Å². The fourth-order valence-electron chi connectivity index (χ4n) is 3.17. The Morgan fingerprint density at radius 1 is 1.09 bits per heavy atom. The Morgan fingerprint density at radius 2 is 1.70 bits per heavy atom. The minimum absolute atomic E-state index is 0.0225. The van der Waals surface area contributed by atoms with Gasteiger partial charge in [-0.05, 0) is 36.8 Å². The molecule has 1 N–H and O–H groups in total. The Morgan fingerprint density at radius 3 is 2.26 bits per heavy atom. The number of anilines is 1. The van der Waals surface area contributed by atoms with E-state index in [1.165, 1.54) is 6.42 Å². The fraction of sp³-hybridized carbons (Fsp3) is 0.579. The zero-order valence-corrected chi connectivity index (χ0v) is 14.2. The van der Waals surface area contributed by atoms with Gasteiger partial charge >= 0.3 is 5.97 Å². The number of esters is 1. The van der Waals surface area contributed by atoms with Crippen LogP contribution in [0.15, 0.2) is 18.2 Å². The molecule has 0 atom stereocenters. The molecule has 23 heavy (non-hydrogen) atoms. The van der Waals surface area contributed by atoms with Crippen LogP contribution in [0.4, 0.5) is 5.69 Å². The van der Waals surface area contributed by atoms with E-state index >= 15 is 0 Å². The molecule has 1 aliphatic carbocycles. The summed E-state index contributed by atoms with van der Waals surface area (Å²) in [6, 6.07) is 6.04. The van der Waals surface area contributed by atoms with Gasteiger partial charge < -0.3 is 10.1 Å². The van der Waals surface area contributed by atoms with Crippen LogP contribution in [0.5, 0.6) is 0 Å². The molecule has 0 aromatic heterocycles. The van der Waals surface area contributed by atoms with E-state index in [-0.39, 0.29) is 24.4 Å². The molecule has 0 aliphatic heterocycles. The van der Waals surface area contributed by atoms with E-state index in [0.717, 1.165) is 55.3 Å². The van der Waals surface area contributed by atoms with Crippen molar-refractivity contribution in [3.8, 4) is 0 Å². The predicted molar refractivity (Wildman–Crippen MR) is 91.4 cm³/mol. The van der Waals surface area contributed by atoms with E-state index in [0.29, 0.717) is 0 Å². The highest BCUT2D eigenvalue weighted by molar-refractivity contribution is 5.94. The summed E-state index contributed by atoms with van der Waals surface area (Å²) in [4.78, 5) is 24.1. The normalized spacial score (nSPS) is 15.2. The molecule has 1 amide bonds. The molecular formula is C19H27NO3. The quantitative estimate of drug-likeness (QED) is 0.810. The Kier molecular flexibility index (Phi) is 6.63. The standard InChI is InChI=1S/C19H27NO3/c1-3-14-11-8-12-15(4-2)18(14)20-17(21)13-23-19(22)16-9-6-5-7-10-16/h8,11-12,16H,3-7,9-10,13H2,1-2H3,(H,20,21). The molecule has 0 heterocycles. The number of benzene rings is 1. The van der Waals surface area contributed by atoms with Gasteiger partial charge in [0.25, 0.3) is 5.91 Å². The third-order valence-electron chi connectivity index (χ3n) is 4.55. The van der Waals surface area contributed by atoms with E-state index in [9.17, 15) is 9.59 Å². The molecule has 126 valence electrons. The highest BCUT2D eigenvalue weighted by atomic mass is 16.5. The molecule has 1 fully saturated rings. The van der Waals surface area contributed by atoms with Crippen LogP contribution in [0, 0.1) is 5.92 Å². The first kappa shape index (κ1) is 17.5. The second kappa shape index (κ2) is 8.70. The van der Waals surface area contributed by atoms with Crippen molar-refractivity contribution in [1.82, 2.24) is 0 Å². The summed E-state index contributed by atoms with van der Waals surface area (Å²) >= 11 is 0. The van der Waals surface area contributed by atoms with Crippen LogP contribution in [0.2, 0.25) is 0 Å². The maximum atomic E-state index is 12.1. The maximum Gasteiger partial charge on any atom is 0.309 e. The number of para-hydroxylation sites is 1. The first-order valence-electron chi connectivity index (χ1n) is 8.73. The van der Waals surface area contributed by atoms with Gasteiger partial charge in [-0.2, -0.15) is 0 Å². The lowest BCUT2D eigenvalue weighted by Crippen LogP contribution is -2.26. The Hall–Kier alpha value is -1.84. The highest BCUT2D eigenvalue weighted by Gasteiger charge is 2.23. The largest absolute Gasteiger partial charge is 0.455 e. The number of carbonyl (C=O) groups excluding carboxylic acids is 2. The Balaban J connectivity index is 1.91. The van der Waals surface area contributed by atoms with Gasteiger partial charge in [0, 0.05) is 5.69 Å². The number of amides is 1. The van der Waals surface area contributed by atoms with Crippen LogP contribution in [-0.2, 0) is 27.2 Å². The SMILES string of the molecule is CCc1cccc(CC)c1NC(=O)COC(=O)C1CCCCC1. The number of rotatable bonds is 6. The Labute approximate surface area is 138 Å². The smallest absolute Gasteiger partial charge is 0.309 e. The topological polar surface area (TPSA) is 55.4 Å². The summed E-state index contributed by atoms with van der Waals surface area (Å²) in [7, 11) is 0. The van der Waals surface area contributed by atoms with Crippen molar-refractivity contribution in [2.75, 3.05) is 11.9 Å². The lowest BCUT2D eigenvalue weighted by Gasteiger charge is -2.20. The zero-order valence-electron chi connectivity index (χ0n) is 14.2. The number of aryl methyl sites for hydroxylation is 2. The van der Waals surface area contributed by atoms with E-state index < -0.39 is 0 Å². The second-order valence-corrected chi connectivity index (χ2v) is 6.15. The van der Waals surface area contributed by atoms with E-state index in [4.69, 9.17) is 4.74 Å². The van der Waals surface area contributed by atoms with Crippen molar-refractivity contribution in [2.45, 2.75) is 58.8 Å². The molecule has 0 bridgehead atoms. The van der Waals surface area contributed by atoms with Gasteiger partial charge in [0.2, 0.25) is 0 Å². The van der Waals surface area contributed by atoms with Crippen molar-refractivity contribution in [2.24, 2.45) is 5.92 Å². The molecule has 1 aromatic carbocycles. The Bertz CT molecular complexity index is 525. The number of carbonyl (C=O) groups is 2. The molecule has 0 unspecified atom stereocenters. The minimum Gasteiger partial charge on any atom is -0.455 e. The minimum atomic E-state index is -0.259. The first-order valence-corrected chi connectivity index (χ1v) is 8.73. The van der Waals surface area contributed by atoms with Crippen LogP contribution in [0.3, 0.4) is 0 Å². The lowest BCUT2D eigenvalue weighted by molar-refractivity contribution is -0.152. The van der Waals surface area contributed by atoms with E-state index in [1.54, 1.807) is 0 Å². The fourth-order valence-corrected chi connectivity index (χ4v) is 3.17. The number of hydrogen-bond acceptors (Lipinski definition) is 3. The summed E-state index contributed by atoms with van der Waals surface area (Å²) in [5, 5.41) is 2.92. The molecule has 4 heteroatoms. The summed E-state index contributed by atoms with van der Waals surface area (Å²) in [6.07, 6.45) is 6.83. The molecule has 2 rings (SSSR count). The molecule has 4 nitrogen and oxygen atoms in total. The van der Waals surface area contributed by atoms with Crippen LogP contribution in [0.25, 0.3) is 0 Å². The summed E-state index contributed by atoms with van der Waals surface area (Å²) < 4.78 is 5.21. The van der Waals surface area contributed by atoms with Crippen LogP contribution in [-0.4, -0.2) is 18.5 Å².